The first kappa shape index (κ1) is 15.5. The fraction of sp³-hybridized carbons (Fsp3) is 0.188. The lowest BCUT2D eigenvalue weighted by Crippen LogP contribution is -2.13. The van der Waals surface area contributed by atoms with Crippen LogP contribution in [0.4, 0.5) is 15.8 Å². The number of carbonyl (C=O) groups excluding carboxylic acids is 1. The Morgan fingerprint density at radius 1 is 1.10 bits per heavy atom. The van der Waals surface area contributed by atoms with Gasteiger partial charge in [0.1, 0.15) is 5.82 Å². The van der Waals surface area contributed by atoms with Crippen LogP contribution in [0.15, 0.2) is 34.8 Å². The van der Waals surface area contributed by atoms with Crippen LogP contribution in [0.2, 0.25) is 0 Å². The van der Waals surface area contributed by atoms with E-state index in [1.54, 1.807) is 19.1 Å². The molecule has 5 heteroatoms. The number of hydrogen-bond donors (Lipinski definition) is 2. The molecule has 0 radical (unpaired) electrons. The molecule has 0 aliphatic carbocycles. The second-order valence-electron chi connectivity index (χ2n) is 4.82. The summed E-state index contributed by atoms with van der Waals surface area (Å²) in [6.45, 7) is 3.68. The van der Waals surface area contributed by atoms with Crippen molar-refractivity contribution >= 4 is 33.2 Å². The summed E-state index contributed by atoms with van der Waals surface area (Å²) in [5.74, 6) is -0.568. The van der Waals surface area contributed by atoms with Crippen LogP contribution < -0.4 is 10.6 Å². The van der Waals surface area contributed by atoms with Crippen molar-refractivity contribution in [1.82, 2.24) is 0 Å². The van der Waals surface area contributed by atoms with Crippen molar-refractivity contribution in [2.24, 2.45) is 0 Å². The molecule has 110 valence electrons. The number of hydrogen-bond acceptors (Lipinski definition) is 2. The molecule has 21 heavy (non-hydrogen) atoms. The topological polar surface area (TPSA) is 41.1 Å². The van der Waals surface area contributed by atoms with E-state index >= 15 is 0 Å². The van der Waals surface area contributed by atoms with E-state index in [4.69, 9.17) is 0 Å². The van der Waals surface area contributed by atoms with Gasteiger partial charge in [0.15, 0.2) is 0 Å². The van der Waals surface area contributed by atoms with Crippen LogP contribution >= 0.6 is 15.9 Å². The van der Waals surface area contributed by atoms with Crippen molar-refractivity contribution in [1.29, 1.82) is 0 Å². The third-order valence-corrected chi connectivity index (χ3v) is 3.88. The molecule has 0 atom stereocenters. The van der Waals surface area contributed by atoms with E-state index in [9.17, 15) is 9.18 Å². The molecule has 2 aromatic rings. The lowest BCUT2D eigenvalue weighted by Gasteiger charge is -2.11. The zero-order valence-electron chi connectivity index (χ0n) is 12.1. The van der Waals surface area contributed by atoms with Crippen LogP contribution in [0.5, 0.6) is 0 Å². The number of rotatable bonds is 3. The fourth-order valence-corrected chi connectivity index (χ4v) is 2.40. The van der Waals surface area contributed by atoms with E-state index in [0.29, 0.717) is 21.3 Å². The number of carbonyl (C=O) groups is 1. The molecule has 0 aromatic heterocycles. The monoisotopic (exact) mass is 350 g/mol. The molecule has 3 nitrogen and oxygen atoms in total. The third kappa shape index (κ3) is 3.42. The van der Waals surface area contributed by atoms with Gasteiger partial charge in [-0.15, -0.1) is 0 Å². The van der Waals surface area contributed by atoms with Crippen LogP contribution in [-0.4, -0.2) is 13.0 Å². The molecule has 1 amide bonds. The summed E-state index contributed by atoms with van der Waals surface area (Å²) < 4.78 is 13.7. The highest BCUT2D eigenvalue weighted by molar-refractivity contribution is 9.10. The maximum Gasteiger partial charge on any atom is 0.255 e. The summed E-state index contributed by atoms with van der Waals surface area (Å²) in [5, 5.41) is 5.86. The van der Waals surface area contributed by atoms with Gasteiger partial charge in [0.25, 0.3) is 5.91 Å². The lowest BCUT2D eigenvalue weighted by atomic mass is 10.1. The number of halogens is 2. The Hall–Kier alpha value is -1.88. The number of nitrogens with one attached hydrogen (secondary N) is 2. The summed E-state index contributed by atoms with van der Waals surface area (Å²) in [6.07, 6.45) is 0. The second kappa shape index (κ2) is 6.26. The van der Waals surface area contributed by atoms with Crippen molar-refractivity contribution in [3.8, 4) is 0 Å². The summed E-state index contributed by atoms with van der Waals surface area (Å²) >= 11 is 3.12. The third-order valence-electron chi connectivity index (χ3n) is 3.27. The van der Waals surface area contributed by atoms with Gasteiger partial charge < -0.3 is 10.6 Å². The highest BCUT2D eigenvalue weighted by Crippen LogP contribution is 2.25. The predicted octanol–water partition coefficient (Wildman–Crippen LogP) is 4.50. The van der Waals surface area contributed by atoms with Crippen molar-refractivity contribution in [3.05, 3.63) is 57.3 Å². The minimum absolute atomic E-state index is 0.220. The molecule has 0 bridgehead atoms. The molecule has 0 saturated heterocycles. The van der Waals surface area contributed by atoms with Gasteiger partial charge in [0.2, 0.25) is 0 Å². The van der Waals surface area contributed by atoms with Crippen LogP contribution in [0, 0.1) is 19.7 Å². The van der Waals surface area contributed by atoms with E-state index in [1.165, 1.54) is 6.07 Å². The highest BCUT2D eigenvalue weighted by Gasteiger charge is 2.11. The average molecular weight is 351 g/mol. The minimum Gasteiger partial charge on any atom is -0.388 e. The first-order valence-electron chi connectivity index (χ1n) is 6.47. The molecule has 0 unspecified atom stereocenters. The van der Waals surface area contributed by atoms with Gasteiger partial charge in [0, 0.05) is 24.0 Å². The first-order valence-corrected chi connectivity index (χ1v) is 7.27. The molecule has 0 saturated carbocycles. The largest absolute Gasteiger partial charge is 0.388 e. The molecule has 0 heterocycles. The maximum absolute atomic E-state index is 13.4. The highest BCUT2D eigenvalue weighted by atomic mass is 79.9. The second-order valence-corrected chi connectivity index (χ2v) is 5.67. The molecule has 0 fully saturated rings. The Balaban J connectivity index is 2.26. The van der Waals surface area contributed by atoms with Gasteiger partial charge in [-0.3, -0.25) is 4.79 Å². The Kier molecular flexibility index (Phi) is 4.63. The summed E-state index contributed by atoms with van der Waals surface area (Å²) in [6, 6.07) is 8.38. The standard InChI is InChI=1S/C16H16BrFN2O/c1-9-6-11(4-5-14(9)19-3)16(21)20-15-8-12(17)13(18)7-10(15)2/h4-8,19H,1-3H3,(H,20,21). The van der Waals surface area contributed by atoms with Crippen molar-refractivity contribution < 1.29 is 9.18 Å². The van der Waals surface area contributed by atoms with Crippen LogP contribution in [-0.2, 0) is 0 Å². The molecular formula is C16H16BrFN2O. The summed E-state index contributed by atoms with van der Waals surface area (Å²) in [4.78, 5) is 12.3. The summed E-state index contributed by atoms with van der Waals surface area (Å²) in [7, 11) is 1.83. The normalized spacial score (nSPS) is 10.3. The van der Waals surface area contributed by atoms with E-state index in [0.717, 1.165) is 11.3 Å². The molecule has 0 aliphatic heterocycles. The summed E-state index contributed by atoms with van der Waals surface area (Å²) in [5.41, 5.74) is 3.79. The Bertz CT molecular complexity index is 701. The van der Waals surface area contributed by atoms with Gasteiger partial charge in [-0.2, -0.15) is 0 Å². The Labute approximate surface area is 131 Å². The van der Waals surface area contributed by atoms with Crippen molar-refractivity contribution in [3.63, 3.8) is 0 Å². The average Bonchev–Trinajstić information content (AvgIpc) is 2.44. The molecule has 2 aromatic carbocycles. The molecule has 2 N–H and O–H groups in total. The van der Waals surface area contributed by atoms with Crippen LogP contribution in [0.3, 0.4) is 0 Å². The van der Waals surface area contributed by atoms with Gasteiger partial charge in [-0.05, 0) is 71.2 Å². The van der Waals surface area contributed by atoms with E-state index in [-0.39, 0.29) is 11.7 Å². The molecular weight excluding hydrogens is 335 g/mol. The number of amides is 1. The number of aryl methyl sites for hydroxylation is 2. The fourth-order valence-electron chi connectivity index (χ4n) is 2.06. The zero-order valence-corrected chi connectivity index (χ0v) is 13.6. The van der Waals surface area contributed by atoms with E-state index in [2.05, 4.69) is 26.6 Å². The van der Waals surface area contributed by atoms with Gasteiger partial charge in [-0.1, -0.05) is 0 Å². The van der Waals surface area contributed by atoms with Gasteiger partial charge in [-0.25, -0.2) is 4.39 Å². The Morgan fingerprint density at radius 3 is 2.38 bits per heavy atom. The van der Waals surface area contributed by atoms with Crippen LogP contribution in [0.25, 0.3) is 0 Å². The smallest absolute Gasteiger partial charge is 0.255 e. The van der Waals surface area contributed by atoms with Crippen molar-refractivity contribution in [2.75, 3.05) is 17.7 Å². The number of benzene rings is 2. The zero-order chi connectivity index (χ0) is 15.6. The molecule has 0 spiro atoms. The number of anilines is 2. The van der Waals surface area contributed by atoms with Crippen molar-refractivity contribution in [2.45, 2.75) is 13.8 Å². The molecule has 0 aliphatic rings. The first-order chi connectivity index (χ1) is 9.92. The van der Waals surface area contributed by atoms with Gasteiger partial charge >= 0.3 is 0 Å². The minimum atomic E-state index is -0.347. The predicted molar refractivity (Wildman–Crippen MR) is 87.5 cm³/mol. The molecule has 2 rings (SSSR count). The quantitative estimate of drug-likeness (QED) is 0.855. The lowest BCUT2D eigenvalue weighted by molar-refractivity contribution is 0.102. The van der Waals surface area contributed by atoms with E-state index in [1.807, 2.05) is 26.1 Å². The maximum atomic E-state index is 13.4. The SMILES string of the molecule is CNc1ccc(C(=O)Nc2cc(Br)c(F)cc2C)cc1C. The Morgan fingerprint density at radius 2 is 1.76 bits per heavy atom. The van der Waals surface area contributed by atoms with E-state index < -0.39 is 0 Å². The van der Waals surface area contributed by atoms with Gasteiger partial charge in [0.05, 0.1) is 4.47 Å². The van der Waals surface area contributed by atoms with Crippen LogP contribution in [0.1, 0.15) is 21.5 Å².